The average molecular weight is 288 g/mol. The van der Waals surface area contributed by atoms with E-state index in [4.69, 9.17) is 28.9 Å². The molecule has 5 heteroatoms. The molecule has 0 spiro atoms. The van der Waals surface area contributed by atoms with Gasteiger partial charge in [-0.25, -0.2) is 8.78 Å². The molecule has 0 aliphatic heterocycles. The summed E-state index contributed by atoms with van der Waals surface area (Å²) in [5.41, 5.74) is 6.59. The molecule has 18 heavy (non-hydrogen) atoms. The Morgan fingerprint density at radius 1 is 0.944 bits per heavy atom. The molecule has 2 N–H and O–H groups in total. The number of benzene rings is 2. The largest absolute Gasteiger partial charge is 0.320 e. The Labute approximate surface area is 113 Å². The maximum atomic E-state index is 13.7. The summed E-state index contributed by atoms with van der Waals surface area (Å²) in [6.07, 6.45) is 0. The van der Waals surface area contributed by atoms with Gasteiger partial charge < -0.3 is 5.73 Å². The summed E-state index contributed by atoms with van der Waals surface area (Å²) in [6, 6.07) is 7.77. The fourth-order valence-corrected chi connectivity index (χ4v) is 1.90. The Hall–Kier alpha value is -1.16. The lowest BCUT2D eigenvalue weighted by molar-refractivity contribution is 0.577. The molecule has 1 nitrogen and oxygen atoms in total. The van der Waals surface area contributed by atoms with Crippen molar-refractivity contribution in [3.63, 3.8) is 0 Å². The Kier molecular flexibility index (Phi) is 3.85. The molecule has 2 aromatic carbocycles. The van der Waals surface area contributed by atoms with E-state index in [1.54, 1.807) is 24.3 Å². The third-order valence-corrected chi connectivity index (χ3v) is 3.15. The van der Waals surface area contributed by atoms with Gasteiger partial charge in [-0.15, -0.1) is 0 Å². The predicted octanol–water partition coefficient (Wildman–Crippen LogP) is 4.32. The molecular formula is C13H9Cl2F2N. The van der Waals surface area contributed by atoms with Gasteiger partial charge in [0.25, 0.3) is 0 Å². The first-order valence-corrected chi connectivity index (χ1v) is 5.90. The standard InChI is InChI=1S/C13H9Cl2F2N/c14-8-3-1-7(2-4-8)13(18)9-5-12(17)10(15)6-11(9)16/h1-6,13H,18H2. The maximum Gasteiger partial charge on any atom is 0.142 e. The van der Waals surface area contributed by atoms with Gasteiger partial charge in [0.05, 0.1) is 11.1 Å². The minimum atomic E-state index is -0.769. The van der Waals surface area contributed by atoms with Crippen molar-refractivity contribution in [1.29, 1.82) is 0 Å². The summed E-state index contributed by atoms with van der Waals surface area (Å²) in [5, 5.41) is 0.285. The van der Waals surface area contributed by atoms with Gasteiger partial charge >= 0.3 is 0 Å². The summed E-state index contributed by atoms with van der Waals surface area (Å²) < 4.78 is 27.0. The second-order valence-electron chi connectivity index (χ2n) is 3.82. The van der Waals surface area contributed by atoms with E-state index in [2.05, 4.69) is 0 Å². The van der Waals surface area contributed by atoms with Crippen LogP contribution in [0.3, 0.4) is 0 Å². The van der Waals surface area contributed by atoms with Crippen LogP contribution < -0.4 is 5.73 Å². The van der Waals surface area contributed by atoms with Gasteiger partial charge in [0.15, 0.2) is 0 Å². The highest BCUT2D eigenvalue weighted by Gasteiger charge is 2.16. The van der Waals surface area contributed by atoms with Gasteiger partial charge in [0, 0.05) is 10.6 Å². The third kappa shape index (κ3) is 2.64. The second kappa shape index (κ2) is 5.22. The predicted molar refractivity (Wildman–Crippen MR) is 68.9 cm³/mol. The first-order chi connectivity index (χ1) is 8.49. The molecule has 94 valence electrons. The molecule has 0 bridgehead atoms. The van der Waals surface area contributed by atoms with E-state index >= 15 is 0 Å². The number of rotatable bonds is 2. The number of halogens is 4. The highest BCUT2D eigenvalue weighted by atomic mass is 35.5. The van der Waals surface area contributed by atoms with Gasteiger partial charge in [0.1, 0.15) is 11.6 Å². The monoisotopic (exact) mass is 287 g/mol. The van der Waals surface area contributed by atoms with Crippen molar-refractivity contribution in [2.75, 3.05) is 0 Å². The summed E-state index contributed by atoms with van der Waals surface area (Å²) in [4.78, 5) is 0. The Morgan fingerprint density at radius 3 is 2.17 bits per heavy atom. The molecule has 2 rings (SSSR count). The quantitative estimate of drug-likeness (QED) is 0.818. The highest BCUT2D eigenvalue weighted by molar-refractivity contribution is 6.31. The lowest BCUT2D eigenvalue weighted by atomic mass is 9.99. The van der Waals surface area contributed by atoms with Gasteiger partial charge in [0.2, 0.25) is 0 Å². The molecule has 1 unspecified atom stereocenters. The van der Waals surface area contributed by atoms with Crippen molar-refractivity contribution >= 4 is 23.2 Å². The molecule has 1 atom stereocenters. The van der Waals surface area contributed by atoms with E-state index in [9.17, 15) is 8.78 Å². The molecule has 0 aliphatic carbocycles. The van der Waals surface area contributed by atoms with Crippen LogP contribution in [-0.2, 0) is 0 Å². The summed E-state index contributed by atoms with van der Waals surface area (Å²) in [5.74, 6) is -1.33. The van der Waals surface area contributed by atoms with Gasteiger partial charge in [-0.1, -0.05) is 35.3 Å². The van der Waals surface area contributed by atoms with Gasteiger partial charge in [-0.3, -0.25) is 0 Å². The van der Waals surface area contributed by atoms with Crippen LogP contribution in [0.25, 0.3) is 0 Å². The molecule has 0 radical (unpaired) electrons. The lowest BCUT2D eigenvalue weighted by Gasteiger charge is -2.14. The zero-order valence-corrected chi connectivity index (χ0v) is 10.6. The van der Waals surface area contributed by atoms with Crippen LogP contribution in [-0.4, -0.2) is 0 Å². The topological polar surface area (TPSA) is 26.0 Å². The second-order valence-corrected chi connectivity index (χ2v) is 4.66. The van der Waals surface area contributed by atoms with Crippen LogP contribution in [0.4, 0.5) is 8.78 Å². The summed E-state index contributed by atoms with van der Waals surface area (Å²) >= 11 is 11.2. The average Bonchev–Trinajstić information content (AvgIpc) is 2.34. The van der Waals surface area contributed by atoms with Crippen molar-refractivity contribution in [2.24, 2.45) is 5.73 Å². The van der Waals surface area contributed by atoms with E-state index in [1.165, 1.54) is 0 Å². The lowest BCUT2D eigenvalue weighted by Crippen LogP contribution is -2.14. The molecule has 0 saturated heterocycles. The van der Waals surface area contributed by atoms with E-state index in [0.717, 1.165) is 12.1 Å². The fraction of sp³-hybridized carbons (Fsp3) is 0.0769. The normalized spacial score (nSPS) is 12.5. The molecule has 0 saturated carbocycles. The van der Waals surface area contributed by atoms with Crippen molar-refractivity contribution in [1.82, 2.24) is 0 Å². The van der Waals surface area contributed by atoms with E-state index in [-0.39, 0.29) is 10.6 Å². The maximum absolute atomic E-state index is 13.7. The van der Waals surface area contributed by atoms with Crippen LogP contribution >= 0.6 is 23.2 Å². The molecule has 0 amide bonds. The van der Waals surface area contributed by atoms with Crippen molar-refractivity contribution in [3.8, 4) is 0 Å². The third-order valence-electron chi connectivity index (χ3n) is 2.60. The number of hydrogen-bond donors (Lipinski definition) is 1. The zero-order chi connectivity index (χ0) is 13.3. The summed E-state index contributed by atoms with van der Waals surface area (Å²) in [6.45, 7) is 0. The Morgan fingerprint density at radius 2 is 1.56 bits per heavy atom. The molecule has 0 aliphatic rings. The first kappa shape index (κ1) is 13.3. The molecule has 2 aromatic rings. The fourth-order valence-electron chi connectivity index (χ4n) is 1.63. The minimum absolute atomic E-state index is 0.0548. The van der Waals surface area contributed by atoms with E-state index in [1.807, 2.05) is 0 Å². The molecule has 0 aromatic heterocycles. The van der Waals surface area contributed by atoms with Crippen LogP contribution in [0, 0.1) is 11.6 Å². The molecule has 0 fully saturated rings. The van der Waals surface area contributed by atoms with Crippen LogP contribution in [0.2, 0.25) is 10.0 Å². The molecular weight excluding hydrogens is 279 g/mol. The van der Waals surface area contributed by atoms with Gasteiger partial charge in [-0.05, 0) is 29.8 Å². The van der Waals surface area contributed by atoms with Gasteiger partial charge in [-0.2, -0.15) is 0 Å². The van der Waals surface area contributed by atoms with E-state index < -0.39 is 17.7 Å². The smallest absolute Gasteiger partial charge is 0.142 e. The minimum Gasteiger partial charge on any atom is -0.320 e. The number of hydrogen-bond acceptors (Lipinski definition) is 1. The van der Waals surface area contributed by atoms with Crippen LogP contribution in [0.5, 0.6) is 0 Å². The number of nitrogens with two attached hydrogens (primary N) is 1. The first-order valence-electron chi connectivity index (χ1n) is 5.14. The Bertz CT molecular complexity index is 570. The van der Waals surface area contributed by atoms with Crippen LogP contribution in [0.15, 0.2) is 36.4 Å². The van der Waals surface area contributed by atoms with Crippen LogP contribution in [0.1, 0.15) is 17.2 Å². The van der Waals surface area contributed by atoms with Crippen molar-refractivity contribution < 1.29 is 8.78 Å². The summed E-state index contributed by atoms with van der Waals surface area (Å²) in [7, 11) is 0. The molecule has 0 heterocycles. The Balaban J connectivity index is 2.42. The van der Waals surface area contributed by atoms with Crippen molar-refractivity contribution in [3.05, 3.63) is 69.2 Å². The highest BCUT2D eigenvalue weighted by Crippen LogP contribution is 2.27. The van der Waals surface area contributed by atoms with E-state index in [0.29, 0.717) is 10.6 Å². The zero-order valence-electron chi connectivity index (χ0n) is 9.13. The SMILES string of the molecule is NC(c1ccc(Cl)cc1)c1cc(F)c(Cl)cc1F. The van der Waals surface area contributed by atoms with Crippen molar-refractivity contribution in [2.45, 2.75) is 6.04 Å².